The standard InChI is InChI=1S/C9H9NO2.C8H11N.C8H14O2/c1-7(12)10-9-4-2-8(6-11)3-5-9;9-7-6-8-4-2-1-3-5-8;9-8(10)6-7-4-2-1-3-5-7/h2-6H,1H3,(H,10,12);1-5H,6-7,9H2;7H,1-6H2,(H,9,10). The zero-order valence-electron chi connectivity index (χ0n) is 18.3. The Labute approximate surface area is 184 Å². The molecule has 1 fully saturated rings. The van der Waals surface area contributed by atoms with E-state index in [1.807, 2.05) is 18.2 Å². The molecule has 6 heteroatoms. The third-order valence-corrected chi connectivity index (χ3v) is 4.83. The Balaban J connectivity index is 0.000000235. The lowest BCUT2D eigenvalue weighted by atomic mass is 9.87. The van der Waals surface area contributed by atoms with Gasteiger partial charge in [0, 0.05) is 24.6 Å². The SMILES string of the molecule is CC(=O)Nc1ccc(C=O)cc1.NCCc1ccccc1.O=C(O)CC1CCCCC1. The molecular formula is C25H34N2O4. The van der Waals surface area contributed by atoms with Crippen LogP contribution in [0.1, 0.15) is 61.4 Å². The number of carboxylic acid groups (broad SMARTS) is 1. The lowest BCUT2D eigenvalue weighted by Gasteiger charge is -2.18. The highest BCUT2D eigenvalue weighted by Crippen LogP contribution is 2.25. The number of rotatable bonds is 6. The first-order chi connectivity index (χ1) is 14.9. The number of aliphatic carboxylic acids is 1. The van der Waals surface area contributed by atoms with Crippen molar-refractivity contribution >= 4 is 23.9 Å². The monoisotopic (exact) mass is 426 g/mol. The van der Waals surface area contributed by atoms with Crippen LogP contribution in [-0.2, 0) is 16.0 Å². The fourth-order valence-corrected chi connectivity index (χ4v) is 3.30. The van der Waals surface area contributed by atoms with Crippen LogP contribution in [0, 0.1) is 5.92 Å². The zero-order valence-corrected chi connectivity index (χ0v) is 18.3. The molecule has 0 radical (unpaired) electrons. The Morgan fingerprint density at radius 3 is 2.13 bits per heavy atom. The molecule has 6 nitrogen and oxygen atoms in total. The fraction of sp³-hybridized carbons (Fsp3) is 0.400. The molecule has 0 spiro atoms. The van der Waals surface area contributed by atoms with Crippen molar-refractivity contribution in [3.63, 3.8) is 0 Å². The molecule has 31 heavy (non-hydrogen) atoms. The molecule has 0 aromatic heterocycles. The summed E-state index contributed by atoms with van der Waals surface area (Å²) in [5, 5.41) is 11.1. The molecule has 3 rings (SSSR count). The van der Waals surface area contributed by atoms with Crippen LogP contribution in [0.15, 0.2) is 54.6 Å². The lowest BCUT2D eigenvalue weighted by Crippen LogP contribution is -2.10. The number of nitrogens with two attached hydrogens (primary N) is 1. The van der Waals surface area contributed by atoms with Crippen molar-refractivity contribution in [2.75, 3.05) is 11.9 Å². The second-order valence-electron chi connectivity index (χ2n) is 7.55. The molecule has 1 amide bonds. The van der Waals surface area contributed by atoms with E-state index >= 15 is 0 Å². The Hall–Kier alpha value is -2.99. The number of hydrogen-bond donors (Lipinski definition) is 3. The van der Waals surface area contributed by atoms with Gasteiger partial charge in [-0.15, -0.1) is 0 Å². The van der Waals surface area contributed by atoms with Gasteiger partial charge >= 0.3 is 5.97 Å². The van der Waals surface area contributed by atoms with Crippen molar-refractivity contribution in [1.29, 1.82) is 0 Å². The lowest BCUT2D eigenvalue weighted by molar-refractivity contribution is -0.138. The first-order valence-electron chi connectivity index (χ1n) is 10.7. The fourth-order valence-electron chi connectivity index (χ4n) is 3.30. The molecule has 0 aliphatic heterocycles. The van der Waals surface area contributed by atoms with Gasteiger partial charge in [-0.1, -0.05) is 49.6 Å². The zero-order chi connectivity index (χ0) is 22.9. The Kier molecular flexibility index (Phi) is 13.3. The maximum Gasteiger partial charge on any atom is 0.303 e. The van der Waals surface area contributed by atoms with Gasteiger partial charge in [0.05, 0.1) is 0 Å². The minimum absolute atomic E-state index is 0.117. The van der Waals surface area contributed by atoms with E-state index in [-0.39, 0.29) is 5.91 Å². The second kappa shape index (κ2) is 15.8. The maximum atomic E-state index is 10.6. The summed E-state index contributed by atoms with van der Waals surface area (Å²) in [6.07, 6.45) is 8.17. The van der Waals surface area contributed by atoms with E-state index in [2.05, 4.69) is 17.4 Å². The minimum atomic E-state index is -0.632. The molecule has 2 aromatic carbocycles. The molecule has 1 aliphatic carbocycles. The third kappa shape index (κ3) is 13.0. The van der Waals surface area contributed by atoms with Gasteiger partial charge in [-0.3, -0.25) is 14.4 Å². The van der Waals surface area contributed by atoms with Crippen LogP contribution in [-0.4, -0.2) is 29.8 Å². The van der Waals surface area contributed by atoms with Gasteiger partial charge in [0.25, 0.3) is 0 Å². The van der Waals surface area contributed by atoms with Crippen LogP contribution in [0.3, 0.4) is 0 Å². The molecule has 168 valence electrons. The van der Waals surface area contributed by atoms with Gasteiger partial charge in [0.1, 0.15) is 6.29 Å². The number of anilines is 1. The van der Waals surface area contributed by atoms with Crippen LogP contribution in [0.5, 0.6) is 0 Å². The van der Waals surface area contributed by atoms with Gasteiger partial charge in [-0.2, -0.15) is 0 Å². The topological polar surface area (TPSA) is 109 Å². The van der Waals surface area contributed by atoms with Crippen molar-refractivity contribution in [3.05, 3.63) is 65.7 Å². The molecule has 1 aliphatic rings. The summed E-state index contributed by atoms with van der Waals surface area (Å²) in [6, 6.07) is 16.9. The normalized spacial score (nSPS) is 13.0. The Morgan fingerprint density at radius 2 is 1.65 bits per heavy atom. The number of hydrogen-bond acceptors (Lipinski definition) is 4. The molecule has 0 unspecified atom stereocenters. The number of carbonyl (C=O) groups excluding carboxylic acids is 2. The molecule has 0 saturated heterocycles. The molecule has 0 bridgehead atoms. The number of carboxylic acids is 1. The smallest absolute Gasteiger partial charge is 0.303 e. The summed E-state index contributed by atoms with van der Waals surface area (Å²) >= 11 is 0. The molecule has 4 N–H and O–H groups in total. The minimum Gasteiger partial charge on any atom is -0.481 e. The number of carbonyl (C=O) groups is 3. The van der Waals surface area contributed by atoms with Crippen LogP contribution in [0.2, 0.25) is 0 Å². The van der Waals surface area contributed by atoms with Crippen LogP contribution < -0.4 is 11.1 Å². The quantitative estimate of drug-likeness (QED) is 0.581. The van der Waals surface area contributed by atoms with Crippen molar-refractivity contribution in [1.82, 2.24) is 0 Å². The number of amides is 1. The first kappa shape index (κ1) is 26.0. The highest BCUT2D eigenvalue weighted by molar-refractivity contribution is 5.89. The van der Waals surface area contributed by atoms with Gasteiger partial charge in [-0.25, -0.2) is 0 Å². The molecule has 2 aromatic rings. The van der Waals surface area contributed by atoms with E-state index in [1.165, 1.54) is 31.7 Å². The average molecular weight is 427 g/mol. The van der Waals surface area contributed by atoms with Gasteiger partial charge < -0.3 is 16.2 Å². The highest BCUT2D eigenvalue weighted by atomic mass is 16.4. The summed E-state index contributed by atoms with van der Waals surface area (Å²) in [5.41, 5.74) is 7.98. The maximum absolute atomic E-state index is 10.6. The van der Waals surface area contributed by atoms with Crippen LogP contribution >= 0.6 is 0 Å². The van der Waals surface area contributed by atoms with E-state index in [1.54, 1.807) is 24.3 Å². The number of aldehydes is 1. The molecule has 0 heterocycles. The van der Waals surface area contributed by atoms with Gasteiger partial charge in [-0.05, 0) is 61.6 Å². The van der Waals surface area contributed by atoms with Gasteiger partial charge in [0.2, 0.25) is 5.91 Å². The van der Waals surface area contributed by atoms with Crippen molar-refractivity contribution < 1.29 is 19.5 Å². The van der Waals surface area contributed by atoms with Crippen molar-refractivity contribution in [3.8, 4) is 0 Å². The van der Waals surface area contributed by atoms with E-state index in [0.717, 1.165) is 32.1 Å². The molecular weight excluding hydrogens is 392 g/mol. The summed E-state index contributed by atoms with van der Waals surface area (Å²) in [7, 11) is 0. The Morgan fingerprint density at radius 1 is 1.03 bits per heavy atom. The van der Waals surface area contributed by atoms with E-state index < -0.39 is 5.97 Å². The average Bonchev–Trinajstić information content (AvgIpc) is 2.76. The van der Waals surface area contributed by atoms with Crippen LogP contribution in [0.25, 0.3) is 0 Å². The first-order valence-corrected chi connectivity index (χ1v) is 10.7. The van der Waals surface area contributed by atoms with Crippen molar-refractivity contribution in [2.45, 2.75) is 51.9 Å². The third-order valence-electron chi connectivity index (χ3n) is 4.83. The summed E-state index contributed by atoms with van der Waals surface area (Å²) in [5.74, 6) is -0.271. The second-order valence-corrected chi connectivity index (χ2v) is 7.55. The Bertz CT molecular complexity index is 770. The van der Waals surface area contributed by atoms with Crippen LogP contribution in [0.4, 0.5) is 5.69 Å². The number of benzene rings is 2. The number of nitrogens with one attached hydrogen (secondary N) is 1. The van der Waals surface area contributed by atoms with Gasteiger partial charge in [0.15, 0.2) is 0 Å². The highest BCUT2D eigenvalue weighted by Gasteiger charge is 2.15. The predicted molar refractivity (Wildman–Crippen MR) is 124 cm³/mol. The predicted octanol–water partition coefficient (Wildman–Crippen LogP) is 4.69. The van der Waals surface area contributed by atoms with Crippen molar-refractivity contribution in [2.24, 2.45) is 11.7 Å². The summed E-state index contributed by atoms with van der Waals surface area (Å²) in [4.78, 5) is 31.1. The largest absolute Gasteiger partial charge is 0.481 e. The summed E-state index contributed by atoms with van der Waals surface area (Å²) < 4.78 is 0. The molecule has 0 atom stereocenters. The van der Waals surface area contributed by atoms with E-state index in [4.69, 9.17) is 10.8 Å². The van der Waals surface area contributed by atoms with E-state index in [9.17, 15) is 14.4 Å². The summed E-state index contributed by atoms with van der Waals surface area (Å²) in [6.45, 7) is 2.18. The van der Waals surface area contributed by atoms with E-state index in [0.29, 0.717) is 23.6 Å². The molecule has 1 saturated carbocycles.